The number of hydrogen-bond acceptors (Lipinski definition) is 7. The number of likely N-dealkylation sites (N-methyl/N-ethyl adjacent to an activating group) is 1. The van der Waals surface area contributed by atoms with Gasteiger partial charge in [0.25, 0.3) is 6.29 Å². The molecule has 0 fully saturated rings. The Hall–Kier alpha value is -5.87. The molecule has 0 spiro atoms. The molecule has 0 rings (SSSR count). The number of ether oxygens (including phenoxy) is 4. The van der Waals surface area contributed by atoms with Crippen LogP contribution in [0.5, 0.6) is 0 Å². The molecule has 79 heavy (non-hydrogen) atoms. The standard InChI is InChI=1S/C70H105NO8/c1-6-8-10-12-14-16-18-20-22-24-26-28-29-30-31-32-33-34-35-36-37-38-39-41-43-45-47-49-51-53-55-57-59-61-68(73)79-66(65-78-70(69(74)75)76-63-62-71(3,4)5)64-77-67(72)60-58-56-54-52-50-48-46-44-42-40-27-25-23-21-19-17-15-13-11-9-7-2/h8-11,14-17,20-23,26-28,30-31,33-34,36-37,39-41,44-47,50-53,66,70H,6-7,12-13,18-19,24-25,29,32,35,38,42-43,48-49,54-65H2,1-5H3/p+1/b10-8-,11-9-,16-14-,17-15-,22-20-,23-21-,28-26-,31-30-,34-33-,37-36-,40-27-,41-39-,46-44-,47-45-,52-50-,53-51-. The van der Waals surface area contributed by atoms with Crippen LogP contribution in [-0.4, -0.2) is 87.4 Å². The van der Waals surface area contributed by atoms with Gasteiger partial charge in [-0.25, -0.2) is 4.79 Å². The Balaban J connectivity index is 4.46. The summed E-state index contributed by atoms with van der Waals surface area (Å²) in [5.74, 6) is -2.16. The number of carboxylic acids is 1. The minimum atomic E-state index is -1.55. The third-order valence-electron chi connectivity index (χ3n) is 11.3. The first kappa shape index (κ1) is 73.1. The third kappa shape index (κ3) is 59.6. The van der Waals surface area contributed by atoms with Gasteiger partial charge in [-0.05, 0) is 141 Å². The van der Waals surface area contributed by atoms with E-state index in [4.69, 9.17) is 18.9 Å². The van der Waals surface area contributed by atoms with Gasteiger partial charge in [0.15, 0.2) is 6.10 Å². The molecule has 0 radical (unpaired) electrons. The zero-order chi connectivity index (χ0) is 57.6. The monoisotopic (exact) mass is 1090 g/mol. The van der Waals surface area contributed by atoms with Crippen LogP contribution in [0.2, 0.25) is 0 Å². The van der Waals surface area contributed by atoms with E-state index >= 15 is 0 Å². The maximum Gasteiger partial charge on any atom is 0.361 e. The predicted molar refractivity (Wildman–Crippen MR) is 335 cm³/mol. The number of hydrogen-bond donors (Lipinski definition) is 1. The zero-order valence-electron chi connectivity index (χ0n) is 49.7. The van der Waals surface area contributed by atoms with Gasteiger partial charge in [-0.3, -0.25) is 9.59 Å². The summed E-state index contributed by atoms with van der Waals surface area (Å²) in [6, 6.07) is 0. The number of carbonyl (C=O) groups is 3. The second-order valence-electron chi connectivity index (χ2n) is 19.8. The van der Waals surface area contributed by atoms with Crippen LogP contribution in [0.4, 0.5) is 0 Å². The molecule has 0 aliphatic carbocycles. The van der Waals surface area contributed by atoms with E-state index in [1.54, 1.807) is 0 Å². The predicted octanol–water partition coefficient (Wildman–Crippen LogP) is 17.9. The quantitative estimate of drug-likeness (QED) is 0.0211. The van der Waals surface area contributed by atoms with Crippen molar-refractivity contribution in [2.75, 3.05) is 47.5 Å². The molecule has 2 atom stereocenters. The lowest BCUT2D eigenvalue weighted by Crippen LogP contribution is -2.40. The lowest BCUT2D eigenvalue weighted by atomic mass is 10.1. The number of carbonyl (C=O) groups excluding carboxylic acids is 2. The van der Waals surface area contributed by atoms with Crippen LogP contribution in [-0.2, 0) is 33.3 Å². The molecule has 2 unspecified atom stereocenters. The Bertz CT molecular complexity index is 1990. The molecule has 0 bridgehead atoms. The molecule has 0 heterocycles. The lowest BCUT2D eigenvalue weighted by Gasteiger charge is -2.25. The van der Waals surface area contributed by atoms with Crippen molar-refractivity contribution >= 4 is 17.9 Å². The number of allylic oxidation sites excluding steroid dienone is 32. The van der Waals surface area contributed by atoms with Crippen molar-refractivity contribution in [3.8, 4) is 0 Å². The van der Waals surface area contributed by atoms with Crippen molar-refractivity contribution in [1.82, 2.24) is 0 Å². The van der Waals surface area contributed by atoms with E-state index in [9.17, 15) is 19.5 Å². The van der Waals surface area contributed by atoms with Crippen LogP contribution >= 0.6 is 0 Å². The minimum Gasteiger partial charge on any atom is -0.477 e. The van der Waals surface area contributed by atoms with Crippen molar-refractivity contribution in [3.63, 3.8) is 0 Å². The first-order chi connectivity index (χ1) is 38.6. The Kier molecular flexibility index (Phi) is 54.0. The molecule has 0 saturated carbocycles. The average molecular weight is 1090 g/mol. The van der Waals surface area contributed by atoms with Gasteiger partial charge in [-0.2, -0.15) is 0 Å². The molecule has 0 aromatic carbocycles. The summed E-state index contributed by atoms with van der Waals surface area (Å²) in [4.78, 5) is 37.4. The fourth-order valence-electron chi connectivity index (χ4n) is 6.86. The van der Waals surface area contributed by atoms with Crippen molar-refractivity contribution in [1.29, 1.82) is 0 Å². The normalized spacial score (nSPS) is 14.2. The molecule has 0 aliphatic rings. The number of rotatable bonds is 51. The lowest BCUT2D eigenvalue weighted by molar-refractivity contribution is -0.870. The van der Waals surface area contributed by atoms with Crippen molar-refractivity contribution in [3.05, 3.63) is 194 Å². The molecular weight excluding hydrogens is 983 g/mol. The molecule has 0 aliphatic heterocycles. The minimum absolute atomic E-state index is 0.159. The van der Waals surface area contributed by atoms with Crippen molar-refractivity contribution in [2.24, 2.45) is 0 Å². The molecule has 0 aromatic rings. The van der Waals surface area contributed by atoms with Crippen molar-refractivity contribution < 1.29 is 42.9 Å². The molecule has 1 N–H and O–H groups in total. The van der Waals surface area contributed by atoms with Crippen LogP contribution in [0.25, 0.3) is 0 Å². The number of unbranched alkanes of at least 4 members (excludes halogenated alkanes) is 4. The van der Waals surface area contributed by atoms with Gasteiger partial charge in [-0.1, -0.05) is 208 Å². The molecule has 0 saturated heterocycles. The Morgan fingerprint density at radius 3 is 0.962 bits per heavy atom. The maximum atomic E-state index is 12.9. The highest BCUT2D eigenvalue weighted by molar-refractivity contribution is 5.71. The summed E-state index contributed by atoms with van der Waals surface area (Å²) in [5, 5.41) is 9.70. The van der Waals surface area contributed by atoms with Gasteiger partial charge in [0.2, 0.25) is 0 Å². The van der Waals surface area contributed by atoms with Crippen molar-refractivity contribution in [2.45, 2.75) is 180 Å². The van der Waals surface area contributed by atoms with E-state index in [0.717, 1.165) is 128 Å². The number of carboxylic acid groups (broad SMARTS) is 1. The average Bonchev–Trinajstić information content (AvgIpc) is 3.42. The highest BCUT2D eigenvalue weighted by Gasteiger charge is 2.25. The van der Waals surface area contributed by atoms with E-state index in [-0.39, 0.29) is 32.7 Å². The Morgan fingerprint density at radius 1 is 0.380 bits per heavy atom. The maximum absolute atomic E-state index is 12.9. The van der Waals surface area contributed by atoms with Gasteiger partial charge < -0.3 is 28.5 Å². The number of quaternary nitrogens is 1. The van der Waals surface area contributed by atoms with Crippen LogP contribution in [0.1, 0.15) is 168 Å². The second kappa shape index (κ2) is 58.3. The SMILES string of the molecule is CC/C=C\C/C=C\C/C=C\C/C=C\C/C=C\C/C=C\C/C=C\C/C=C\C/C=C\C/C=C\CCCCC(=O)OC(COC(=O)CCCC/C=C\C/C=C\C/C=C\C/C=C\C/C=C\C/C=C\CC)COC(OCC[N+](C)(C)C)C(=O)O. The summed E-state index contributed by atoms with van der Waals surface area (Å²) in [6.45, 7) is 4.50. The molecule has 438 valence electrons. The van der Waals surface area contributed by atoms with Gasteiger partial charge in [0.1, 0.15) is 13.2 Å². The van der Waals surface area contributed by atoms with Gasteiger partial charge >= 0.3 is 17.9 Å². The summed E-state index contributed by atoms with van der Waals surface area (Å²) in [7, 11) is 5.92. The molecule has 9 heteroatoms. The first-order valence-electron chi connectivity index (χ1n) is 29.6. The zero-order valence-corrected chi connectivity index (χ0v) is 49.7. The Morgan fingerprint density at radius 2 is 0.671 bits per heavy atom. The summed E-state index contributed by atoms with van der Waals surface area (Å²) in [5.41, 5.74) is 0. The van der Waals surface area contributed by atoms with E-state index in [0.29, 0.717) is 23.9 Å². The van der Waals surface area contributed by atoms with Gasteiger partial charge in [-0.15, -0.1) is 0 Å². The van der Waals surface area contributed by atoms with Gasteiger partial charge in [0, 0.05) is 12.8 Å². The molecular formula is C70H106NO8+. The topological polar surface area (TPSA) is 108 Å². The van der Waals surface area contributed by atoms with Crippen LogP contribution < -0.4 is 0 Å². The van der Waals surface area contributed by atoms with E-state index in [1.807, 2.05) is 21.1 Å². The highest BCUT2D eigenvalue weighted by Crippen LogP contribution is 2.10. The summed E-state index contributed by atoms with van der Waals surface area (Å²) in [6.07, 6.45) is 88.0. The van der Waals surface area contributed by atoms with Crippen LogP contribution in [0, 0.1) is 0 Å². The number of esters is 2. The van der Waals surface area contributed by atoms with Gasteiger partial charge in [0.05, 0.1) is 34.4 Å². The van der Waals surface area contributed by atoms with E-state index in [1.165, 1.54) is 0 Å². The summed E-state index contributed by atoms with van der Waals surface area (Å²) >= 11 is 0. The summed E-state index contributed by atoms with van der Waals surface area (Å²) < 4.78 is 22.7. The van der Waals surface area contributed by atoms with Crippen LogP contribution in [0.15, 0.2) is 194 Å². The Labute approximate surface area is 481 Å². The highest BCUT2D eigenvalue weighted by atomic mass is 16.7. The third-order valence-corrected chi connectivity index (χ3v) is 11.3. The van der Waals surface area contributed by atoms with Crippen LogP contribution in [0.3, 0.4) is 0 Å². The second-order valence-corrected chi connectivity index (χ2v) is 19.8. The smallest absolute Gasteiger partial charge is 0.361 e. The fourth-order valence-corrected chi connectivity index (χ4v) is 6.86. The molecule has 0 aromatic heterocycles. The van der Waals surface area contributed by atoms with E-state index < -0.39 is 30.3 Å². The van der Waals surface area contributed by atoms with E-state index in [2.05, 4.69) is 208 Å². The number of nitrogens with zero attached hydrogens (tertiary/aromatic N) is 1. The number of aliphatic carboxylic acids is 1. The fraction of sp³-hybridized carbons (Fsp3) is 0.500. The first-order valence-corrected chi connectivity index (χ1v) is 29.6. The molecule has 0 amide bonds. The molecule has 9 nitrogen and oxygen atoms in total. The largest absolute Gasteiger partial charge is 0.477 e.